The zero-order chi connectivity index (χ0) is 12.4. The Hall–Kier alpha value is -1.68. The molecule has 1 fully saturated rings. The zero-order valence-electron chi connectivity index (χ0n) is 10.6. The summed E-state index contributed by atoms with van der Waals surface area (Å²) in [6.07, 6.45) is 5.64. The van der Waals surface area contributed by atoms with Crippen LogP contribution in [0.1, 0.15) is 31.0 Å². The van der Waals surface area contributed by atoms with Crippen molar-refractivity contribution in [3.63, 3.8) is 0 Å². The number of rotatable bonds is 5. The molecule has 3 rings (SSSR count). The summed E-state index contributed by atoms with van der Waals surface area (Å²) in [6.45, 7) is 2.98. The third-order valence-electron chi connectivity index (χ3n) is 3.27. The normalized spacial score (nSPS) is 14.9. The summed E-state index contributed by atoms with van der Waals surface area (Å²) in [5, 5.41) is 11.8. The summed E-state index contributed by atoms with van der Waals surface area (Å²) in [6, 6.07) is 9.13. The number of aromatic nitrogens is 3. The standard InChI is InChI=1S/C14H18N4/c1-2-11-4-3-5-14(8-11)18-10-13(16-17-18)9-15-12-6-7-12/h3-5,8,10,12,15H,2,6-7,9H2,1H3. The molecule has 4 nitrogen and oxygen atoms in total. The third kappa shape index (κ3) is 2.59. The molecule has 1 heterocycles. The first-order chi connectivity index (χ1) is 8.85. The molecular formula is C14H18N4. The quantitative estimate of drug-likeness (QED) is 0.873. The van der Waals surface area contributed by atoms with Crippen molar-refractivity contribution in [2.45, 2.75) is 38.8 Å². The van der Waals surface area contributed by atoms with E-state index in [4.69, 9.17) is 0 Å². The molecule has 1 aliphatic carbocycles. The lowest BCUT2D eigenvalue weighted by Gasteiger charge is -2.02. The van der Waals surface area contributed by atoms with Gasteiger partial charge in [0.1, 0.15) is 0 Å². The van der Waals surface area contributed by atoms with Crippen LogP contribution in [-0.4, -0.2) is 21.0 Å². The van der Waals surface area contributed by atoms with Crippen molar-refractivity contribution in [3.05, 3.63) is 41.7 Å². The molecule has 1 aliphatic rings. The molecule has 18 heavy (non-hydrogen) atoms. The molecule has 1 N–H and O–H groups in total. The summed E-state index contributed by atoms with van der Waals surface area (Å²) in [4.78, 5) is 0. The SMILES string of the molecule is CCc1cccc(-n2cc(CNC3CC3)nn2)c1. The van der Waals surface area contributed by atoms with Crippen molar-refractivity contribution in [2.75, 3.05) is 0 Å². The molecule has 0 unspecified atom stereocenters. The van der Waals surface area contributed by atoms with Crippen molar-refractivity contribution in [2.24, 2.45) is 0 Å². The van der Waals surface area contributed by atoms with Gasteiger partial charge in [-0.15, -0.1) is 5.10 Å². The molecule has 0 bridgehead atoms. The summed E-state index contributed by atoms with van der Waals surface area (Å²) in [5.74, 6) is 0. The van der Waals surface area contributed by atoms with Crippen LogP contribution in [0.15, 0.2) is 30.5 Å². The Bertz CT molecular complexity index is 528. The van der Waals surface area contributed by atoms with Crippen molar-refractivity contribution in [1.82, 2.24) is 20.3 Å². The van der Waals surface area contributed by atoms with Crippen molar-refractivity contribution >= 4 is 0 Å². The van der Waals surface area contributed by atoms with E-state index in [1.165, 1.54) is 18.4 Å². The Morgan fingerprint density at radius 2 is 2.28 bits per heavy atom. The summed E-state index contributed by atoms with van der Waals surface area (Å²) in [7, 11) is 0. The van der Waals surface area contributed by atoms with Crippen molar-refractivity contribution < 1.29 is 0 Å². The van der Waals surface area contributed by atoms with Gasteiger partial charge in [-0.3, -0.25) is 0 Å². The van der Waals surface area contributed by atoms with Gasteiger partial charge in [0, 0.05) is 12.6 Å². The second-order valence-corrected chi connectivity index (χ2v) is 4.83. The van der Waals surface area contributed by atoms with Crippen molar-refractivity contribution in [1.29, 1.82) is 0 Å². The molecule has 0 spiro atoms. The lowest BCUT2D eigenvalue weighted by molar-refractivity contribution is 0.671. The molecule has 1 saturated carbocycles. The van der Waals surface area contributed by atoms with Crippen LogP contribution in [0.25, 0.3) is 5.69 Å². The molecule has 1 aromatic carbocycles. The fraction of sp³-hybridized carbons (Fsp3) is 0.429. The van der Waals surface area contributed by atoms with Gasteiger partial charge in [-0.25, -0.2) is 4.68 Å². The van der Waals surface area contributed by atoms with Crippen LogP contribution in [0.2, 0.25) is 0 Å². The third-order valence-corrected chi connectivity index (χ3v) is 3.27. The highest BCUT2D eigenvalue weighted by molar-refractivity contribution is 5.35. The summed E-state index contributed by atoms with van der Waals surface area (Å²) < 4.78 is 1.85. The number of benzene rings is 1. The first-order valence-electron chi connectivity index (χ1n) is 6.59. The van der Waals surface area contributed by atoms with E-state index < -0.39 is 0 Å². The van der Waals surface area contributed by atoms with Gasteiger partial charge in [0.2, 0.25) is 0 Å². The molecule has 94 valence electrons. The number of nitrogens with zero attached hydrogens (tertiary/aromatic N) is 3. The Kier molecular flexibility index (Phi) is 3.11. The Morgan fingerprint density at radius 1 is 1.39 bits per heavy atom. The van der Waals surface area contributed by atoms with E-state index in [9.17, 15) is 0 Å². The predicted molar refractivity (Wildman–Crippen MR) is 70.6 cm³/mol. The molecule has 0 saturated heterocycles. The maximum absolute atomic E-state index is 4.20. The van der Waals surface area contributed by atoms with Gasteiger partial charge in [-0.05, 0) is 37.0 Å². The van der Waals surface area contributed by atoms with E-state index in [0.717, 1.165) is 24.3 Å². The van der Waals surface area contributed by atoms with Crippen LogP contribution in [0.3, 0.4) is 0 Å². The lowest BCUT2D eigenvalue weighted by atomic mass is 10.1. The maximum atomic E-state index is 4.20. The smallest absolute Gasteiger partial charge is 0.0969 e. The van der Waals surface area contributed by atoms with Crippen LogP contribution >= 0.6 is 0 Å². The largest absolute Gasteiger partial charge is 0.308 e. The molecule has 2 aromatic rings. The van der Waals surface area contributed by atoms with Gasteiger partial charge in [-0.2, -0.15) is 0 Å². The van der Waals surface area contributed by atoms with E-state index in [1.54, 1.807) is 0 Å². The van der Waals surface area contributed by atoms with Gasteiger partial charge in [0.05, 0.1) is 17.6 Å². The second kappa shape index (κ2) is 4.90. The van der Waals surface area contributed by atoms with Gasteiger partial charge in [-0.1, -0.05) is 24.3 Å². The average molecular weight is 242 g/mol. The van der Waals surface area contributed by atoms with Gasteiger partial charge < -0.3 is 5.32 Å². The fourth-order valence-electron chi connectivity index (χ4n) is 1.96. The van der Waals surface area contributed by atoms with Gasteiger partial charge in [0.15, 0.2) is 0 Å². The molecule has 0 atom stereocenters. The lowest BCUT2D eigenvalue weighted by Crippen LogP contribution is -2.15. The van der Waals surface area contributed by atoms with Gasteiger partial charge >= 0.3 is 0 Å². The van der Waals surface area contributed by atoms with Crippen LogP contribution in [0, 0.1) is 0 Å². The fourth-order valence-corrected chi connectivity index (χ4v) is 1.96. The first-order valence-corrected chi connectivity index (χ1v) is 6.59. The van der Waals surface area contributed by atoms with Crippen molar-refractivity contribution in [3.8, 4) is 5.69 Å². The molecular weight excluding hydrogens is 224 g/mol. The second-order valence-electron chi connectivity index (χ2n) is 4.83. The minimum atomic E-state index is 0.707. The van der Waals surface area contributed by atoms with E-state index in [2.05, 4.69) is 46.8 Å². The summed E-state index contributed by atoms with van der Waals surface area (Å²) >= 11 is 0. The molecule has 0 aliphatic heterocycles. The molecule has 0 amide bonds. The Balaban J connectivity index is 1.74. The highest BCUT2D eigenvalue weighted by atomic mass is 15.4. The van der Waals surface area contributed by atoms with Crippen LogP contribution in [0.5, 0.6) is 0 Å². The zero-order valence-corrected chi connectivity index (χ0v) is 10.6. The number of hydrogen-bond acceptors (Lipinski definition) is 3. The number of nitrogens with one attached hydrogen (secondary N) is 1. The topological polar surface area (TPSA) is 42.7 Å². The van der Waals surface area contributed by atoms with E-state index in [0.29, 0.717) is 6.04 Å². The number of hydrogen-bond donors (Lipinski definition) is 1. The van der Waals surface area contributed by atoms with Gasteiger partial charge in [0.25, 0.3) is 0 Å². The molecule has 1 aromatic heterocycles. The minimum Gasteiger partial charge on any atom is -0.308 e. The Morgan fingerprint density at radius 3 is 3.06 bits per heavy atom. The van der Waals surface area contributed by atoms with E-state index in [1.807, 2.05) is 10.9 Å². The predicted octanol–water partition coefficient (Wildman–Crippen LogP) is 2.08. The molecule has 4 heteroatoms. The monoisotopic (exact) mass is 242 g/mol. The Labute approximate surface area is 107 Å². The highest BCUT2D eigenvalue weighted by Crippen LogP contribution is 2.19. The van der Waals surface area contributed by atoms with Crippen LogP contribution in [-0.2, 0) is 13.0 Å². The molecule has 0 radical (unpaired) electrons. The number of aryl methyl sites for hydroxylation is 1. The van der Waals surface area contributed by atoms with E-state index in [-0.39, 0.29) is 0 Å². The minimum absolute atomic E-state index is 0.707. The average Bonchev–Trinajstić information content (AvgIpc) is 3.13. The van der Waals surface area contributed by atoms with Crippen LogP contribution < -0.4 is 5.32 Å². The highest BCUT2D eigenvalue weighted by Gasteiger charge is 2.20. The maximum Gasteiger partial charge on any atom is 0.0969 e. The van der Waals surface area contributed by atoms with E-state index >= 15 is 0 Å². The first kappa shape index (κ1) is 11.4. The summed E-state index contributed by atoms with van der Waals surface area (Å²) in [5.41, 5.74) is 3.41. The van der Waals surface area contributed by atoms with Crippen LogP contribution in [0.4, 0.5) is 0 Å².